The van der Waals surface area contributed by atoms with Crippen molar-refractivity contribution < 1.29 is 0 Å². The highest BCUT2D eigenvalue weighted by Crippen LogP contribution is 2.16. The Labute approximate surface area is 79.4 Å². The summed E-state index contributed by atoms with van der Waals surface area (Å²) in [5.41, 5.74) is 14.4. The quantitative estimate of drug-likeness (QED) is 0.660. The average molecular weight is 187 g/mol. The number of anilines is 1. The normalized spacial score (nSPS) is 11.9. The number of hydrogen-bond acceptors (Lipinski definition) is 2. The average Bonchev–Trinajstić information content (AvgIpc) is 1.94. The van der Waals surface area contributed by atoms with Gasteiger partial charge in [-0.2, -0.15) is 0 Å². The van der Waals surface area contributed by atoms with Crippen LogP contribution >= 0.6 is 12.4 Å². The number of aryl methyl sites for hydroxylation is 1. The molecule has 0 aliphatic heterocycles. The molecule has 0 aliphatic rings. The van der Waals surface area contributed by atoms with E-state index >= 15 is 0 Å². The molecule has 1 atom stereocenters. The van der Waals surface area contributed by atoms with Crippen molar-refractivity contribution in [2.45, 2.75) is 19.9 Å². The molecule has 0 radical (unpaired) electrons. The van der Waals surface area contributed by atoms with Crippen LogP contribution in [0.4, 0.5) is 5.69 Å². The minimum atomic E-state index is 0. The Morgan fingerprint density at radius 1 is 1.33 bits per heavy atom. The molecule has 0 fully saturated rings. The van der Waals surface area contributed by atoms with E-state index in [-0.39, 0.29) is 18.4 Å². The SMILES string of the molecule is Cc1ccc([C@H](C)N)cc1N.Cl. The second kappa shape index (κ2) is 4.33. The Hall–Kier alpha value is -0.730. The van der Waals surface area contributed by atoms with Crippen LogP contribution in [0.3, 0.4) is 0 Å². The van der Waals surface area contributed by atoms with Crippen LogP contribution in [0.5, 0.6) is 0 Å². The van der Waals surface area contributed by atoms with E-state index in [0.29, 0.717) is 0 Å². The highest BCUT2D eigenvalue weighted by Gasteiger charge is 1.99. The van der Waals surface area contributed by atoms with Gasteiger partial charge in [-0.25, -0.2) is 0 Å². The van der Waals surface area contributed by atoms with Gasteiger partial charge in [0.05, 0.1) is 0 Å². The molecule has 0 spiro atoms. The molecule has 0 saturated carbocycles. The fourth-order valence-electron chi connectivity index (χ4n) is 0.942. The van der Waals surface area contributed by atoms with Gasteiger partial charge in [0.1, 0.15) is 0 Å². The molecule has 0 amide bonds. The summed E-state index contributed by atoms with van der Waals surface area (Å²) in [5, 5.41) is 0. The van der Waals surface area contributed by atoms with E-state index in [1.54, 1.807) is 0 Å². The lowest BCUT2D eigenvalue weighted by atomic mass is 10.1. The van der Waals surface area contributed by atoms with Crippen LogP contribution in [0.1, 0.15) is 24.1 Å². The molecule has 0 bridgehead atoms. The van der Waals surface area contributed by atoms with Crippen LogP contribution in [0, 0.1) is 6.92 Å². The van der Waals surface area contributed by atoms with Crippen LogP contribution in [0.2, 0.25) is 0 Å². The largest absolute Gasteiger partial charge is 0.399 e. The van der Waals surface area contributed by atoms with Crippen LogP contribution < -0.4 is 11.5 Å². The van der Waals surface area contributed by atoms with Gasteiger partial charge in [0.25, 0.3) is 0 Å². The molecule has 68 valence electrons. The zero-order valence-corrected chi connectivity index (χ0v) is 8.19. The van der Waals surface area contributed by atoms with Gasteiger partial charge >= 0.3 is 0 Å². The molecule has 2 nitrogen and oxygen atoms in total. The molecule has 12 heavy (non-hydrogen) atoms. The van der Waals surface area contributed by atoms with Crippen molar-refractivity contribution in [3.8, 4) is 0 Å². The van der Waals surface area contributed by atoms with Crippen molar-refractivity contribution in [3.63, 3.8) is 0 Å². The molecular weight excluding hydrogens is 172 g/mol. The van der Waals surface area contributed by atoms with Crippen LogP contribution in [-0.4, -0.2) is 0 Å². The number of nitrogen functional groups attached to an aromatic ring is 1. The molecule has 0 aliphatic carbocycles. The summed E-state index contributed by atoms with van der Waals surface area (Å²) in [6.45, 7) is 3.93. The van der Waals surface area contributed by atoms with E-state index in [4.69, 9.17) is 11.5 Å². The Balaban J connectivity index is 0.00000121. The zero-order valence-electron chi connectivity index (χ0n) is 7.37. The van der Waals surface area contributed by atoms with Crippen LogP contribution in [0.25, 0.3) is 0 Å². The molecule has 4 N–H and O–H groups in total. The summed E-state index contributed by atoms with van der Waals surface area (Å²) in [4.78, 5) is 0. The third-order valence-corrected chi connectivity index (χ3v) is 1.83. The number of rotatable bonds is 1. The summed E-state index contributed by atoms with van der Waals surface area (Å²) < 4.78 is 0. The van der Waals surface area contributed by atoms with Crippen molar-refractivity contribution >= 4 is 18.1 Å². The number of nitrogens with two attached hydrogens (primary N) is 2. The van der Waals surface area contributed by atoms with Crippen molar-refractivity contribution in [3.05, 3.63) is 29.3 Å². The van der Waals surface area contributed by atoms with Gasteiger partial charge < -0.3 is 11.5 Å². The maximum atomic E-state index is 5.70. The Morgan fingerprint density at radius 3 is 2.33 bits per heavy atom. The Bertz CT molecular complexity index is 259. The van der Waals surface area contributed by atoms with Gasteiger partial charge in [-0.05, 0) is 31.0 Å². The third kappa shape index (κ3) is 2.40. The van der Waals surface area contributed by atoms with E-state index in [1.807, 2.05) is 32.0 Å². The number of benzene rings is 1. The molecule has 1 aromatic rings. The van der Waals surface area contributed by atoms with Gasteiger partial charge in [-0.1, -0.05) is 12.1 Å². The predicted octanol–water partition coefficient (Wildman–Crippen LogP) is 2.02. The highest BCUT2D eigenvalue weighted by atomic mass is 35.5. The maximum absolute atomic E-state index is 5.70. The maximum Gasteiger partial charge on any atom is 0.0347 e. The van der Waals surface area contributed by atoms with Crippen LogP contribution in [-0.2, 0) is 0 Å². The Kier molecular flexibility index (Phi) is 4.07. The van der Waals surface area contributed by atoms with Gasteiger partial charge in [0, 0.05) is 11.7 Å². The lowest BCUT2D eigenvalue weighted by molar-refractivity contribution is 0.818. The van der Waals surface area contributed by atoms with Gasteiger partial charge in [-0.15, -0.1) is 12.4 Å². The summed E-state index contributed by atoms with van der Waals surface area (Å²) in [7, 11) is 0. The minimum absolute atomic E-state index is 0. The Morgan fingerprint density at radius 2 is 1.92 bits per heavy atom. The monoisotopic (exact) mass is 186 g/mol. The first-order valence-corrected chi connectivity index (χ1v) is 3.73. The van der Waals surface area contributed by atoms with E-state index in [9.17, 15) is 0 Å². The van der Waals surface area contributed by atoms with Crippen molar-refractivity contribution in [1.29, 1.82) is 0 Å². The molecule has 0 unspecified atom stereocenters. The lowest BCUT2D eigenvalue weighted by Crippen LogP contribution is -2.05. The van der Waals surface area contributed by atoms with Crippen molar-refractivity contribution in [1.82, 2.24) is 0 Å². The van der Waals surface area contributed by atoms with Crippen molar-refractivity contribution in [2.24, 2.45) is 5.73 Å². The van der Waals surface area contributed by atoms with Crippen molar-refractivity contribution in [2.75, 3.05) is 5.73 Å². The fourth-order valence-corrected chi connectivity index (χ4v) is 0.942. The first-order chi connectivity index (χ1) is 5.11. The van der Waals surface area contributed by atoms with Gasteiger partial charge in [-0.3, -0.25) is 0 Å². The molecule has 3 heteroatoms. The summed E-state index contributed by atoms with van der Waals surface area (Å²) in [6, 6.07) is 6.00. The van der Waals surface area contributed by atoms with E-state index < -0.39 is 0 Å². The first kappa shape index (κ1) is 11.3. The standard InChI is InChI=1S/C9H14N2.ClH/c1-6-3-4-8(7(2)10)5-9(6)11;/h3-5,7H,10-11H2,1-2H3;1H/t7-;/m0./s1. The molecule has 0 aromatic heterocycles. The molecule has 1 aromatic carbocycles. The molecule has 0 saturated heterocycles. The topological polar surface area (TPSA) is 52.0 Å². The zero-order chi connectivity index (χ0) is 8.43. The first-order valence-electron chi connectivity index (χ1n) is 3.73. The van der Waals surface area contributed by atoms with E-state index in [1.165, 1.54) is 0 Å². The smallest absolute Gasteiger partial charge is 0.0347 e. The van der Waals surface area contributed by atoms with Gasteiger partial charge in [0.15, 0.2) is 0 Å². The summed E-state index contributed by atoms with van der Waals surface area (Å²) in [5.74, 6) is 0. The molecule has 0 heterocycles. The van der Waals surface area contributed by atoms with Crippen LogP contribution in [0.15, 0.2) is 18.2 Å². The molecular formula is C9H15ClN2. The van der Waals surface area contributed by atoms with E-state index in [2.05, 4.69) is 0 Å². The van der Waals surface area contributed by atoms with Gasteiger partial charge in [0.2, 0.25) is 0 Å². The summed E-state index contributed by atoms with van der Waals surface area (Å²) in [6.07, 6.45) is 0. The minimum Gasteiger partial charge on any atom is -0.399 e. The second-order valence-electron chi connectivity index (χ2n) is 2.90. The fraction of sp³-hybridized carbons (Fsp3) is 0.333. The summed E-state index contributed by atoms with van der Waals surface area (Å²) >= 11 is 0. The lowest BCUT2D eigenvalue weighted by Gasteiger charge is -2.07. The molecule has 1 rings (SSSR count). The van der Waals surface area contributed by atoms with E-state index in [0.717, 1.165) is 16.8 Å². The third-order valence-electron chi connectivity index (χ3n) is 1.83. The highest BCUT2D eigenvalue weighted by molar-refractivity contribution is 5.85. The number of halogens is 1. The number of hydrogen-bond donors (Lipinski definition) is 2. The predicted molar refractivity (Wildman–Crippen MR) is 55.4 cm³/mol. The second-order valence-corrected chi connectivity index (χ2v) is 2.90.